The first-order valence-corrected chi connectivity index (χ1v) is 8.19. The Hall–Kier alpha value is -1.95. The van der Waals surface area contributed by atoms with Crippen LogP contribution >= 0.6 is 0 Å². The van der Waals surface area contributed by atoms with Crippen LogP contribution in [-0.4, -0.2) is 50.4 Å². The highest BCUT2D eigenvalue weighted by Crippen LogP contribution is 2.41. The molecule has 24 heavy (non-hydrogen) atoms. The predicted octanol–water partition coefficient (Wildman–Crippen LogP) is 2.61. The van der Waals surface area contributed by atoms with E-state index < -0.39 is 5.60 Å². The summed E-state index contributed by atoms with van der Waals surface area (Å²) in [6.45, 7) is 7.22. The Morgan fingerprint density at radius 3 is 2.50 bits per heavy atom. The van der Waals surface area contributed by atoms with Gasteiger partial charge in [0.05, 0.1) is 14.2 Å². The van der Waals surface area contributed by atoms with Crippen molar-refractivity contribution in [1.29, 1.82) is 0 Å². The third kappa shape index (κ3) is 3.93. The molecular formula is C18H28N2O4. The number of methoxy groups -OCH3 is 2. The molecule has 1 amide bonds. The van der Waals surface area contributed by atoms with Crippen molar-refractivity contribution in [2.75, 3.05) is 33.9 Å². The van der Waals surface area contributed by atoms with Crippen LogP contribution < -0.4 is 15.2 Å². The zero-order valence-electron chi connectivity index (χ0n) is 15.2. The molecule has 1 aliphatic rings. The quantitative estimate of drug-likeness (QED) is 0.915. The Labute approximate surface area is 143 Å². The summed E-state index contributed by atoms with van der Waals surface area (Å²) in [4.78, 5) is 14.1. The van der Waals surface area contributed by atoms with Gasteiger partial charge < -0.3 is 24.8 Å². The lowest BCUT2D eigenvalue weighted by Gasteiger charge is -2.24. The van der Waals surface area contributed by atoms with Crippen molar-refractivity contribution in [3.8, 4) is 11.5 Å². The second kappa shape index (κ2) is 7.30. The van der Waals surface area contributed by atoms with Gasteiger partial charge in [0.1, 0.15) is 5.60 Å². The molecule has 1 saturated heterocycles. The number of nitrogens with zero attached hydrogens (tertiary/aromatic N) is 1. The van der Waals surface area contributed by atoms with Crippen molar-refractivity contribution in [2.45, 2.75) is 32.3 Å². The zero-order chi connectivity index (χ0) is 17.9. The lowest BCUT2D eigenvalue weighted by molar-refractivity contribution is 0.0287. The molecule has 134 valence electrons. The smallest absolute Gasteiger partial charge is 0.410 e. The van der Waals surface area contributed by atoms with Gasteiger partial charge in [0.2, 0.25) is 0 Å². The molecule has 0 spiro atoms. The molecule has 2 atom stereocenters. The van der Waals surface area contributed by atoms with E-state index >= 15 is 0 Å². The van der Waals surface area contributed by atoms with Gasteiger partial charge in [0, 0.05) is 24.6 Å². The van der Waals surface area contributed by atoms with Crippen molar-refractivity contribution >= 4 is 6.09 Å². The normalized spacial score (nSPS) is 20.8. The minimum absolute atomic E-state index is 0.0903. The maximum Gasteiger partial charge on any atom is 0.410 e. The molecule has 6 nitrogen and oxygen atoms in total. The number of carbonyl (C=O) groups is 1. The van der Waals surface area contributed by atoms with Gasteiger partial charge in [-0.2, -0.15) is 0 Å². The van der Waals surface area contributed by atoms with Crippen LogP contribution in [0.4, 0.5) is 4.79 Å². The summed E-state index contributed by atoms with van der Waals surface area (Å²) in [6, 6.07) is 5.80. The maximum absolute atomic E-state index is 12.4. The Bertz CT molecular complexity index is 583. The number of likely N-dealkylation sites (tertiary alicyclic amines) is 1. The van der Waals surface area contributed by atoms with E-state index in [1.54, 1.807) is 19.1 Å². The molecule has 0 aromatic heterocycles. The van der Waals surface area contributed by atoms with Gasteiger partial charge in [-0.25, -0.2) is 4.79 Å². The number of carbonyl (C=O) groups excluding carboxylic acids is 1. The molecule has 2 N–H and O–H groups in total. The Kier molecular flexibility index (Phi) is 5.59. The fourth-order valence-electron chi connectivity index (χ4n) is 3.14. The number of hydrogen-bond donors (Lipinski definition) is 1. The molecule has 0 radical (unpaired) electrons. The number of ether oxygens (including phenoxy) is 3. The summed E-state index contributed by atoms with van der Waals surface area (Å²) < 4.78 is 16.4. The third-order valence-corrected chi connectivity index (χ3v) is 4.23. The molecule has 2 rings (SSSR count). The van der Waals surface area contributed by atoms with Crippen LogP contribution in [0.2, 0.25) is 0 Å². The second-order valence-electron chi connectivity index (χ2n) is 7.07. The Morgan fingerprint density at radius 1 is 1.25 bits per heavy atom. The SMILES string of the molecule is COc1cccc([C@H]2CN(C(=O)OC(C)(C)C)C[C@@H]2CN)c1OC. The monoisotopic (exact) mass is 336 g/mol. The molecule has 1 heterocycles. The number of hydrogen-bond acceptors (Lipinski definition) is 5. The summed E-state index contributed by atoms with van der Waals surface area (Å²) in [6.07, 6.45) is -0.301. The molecule has 1 aliphatic heterocycles. The van der Waals surface area contributed by atoms with Gasteiger partial charge in [-0.05, 0) is 39.3 Å². The van der Waals surface area contributed by atoms with Crippen molar-refractivity contribution in [2.24, 2.45) is 11.7 Å². The van der Waals surface area contributed by atoms with E-state index in [1.165, 1.54) is 0 Å². The minimum Gasteiger partial charge on any atom is -0.493 e. The highest BCUT2D eigenvalue weighted by Gasteiger charge is 2.38. The van der Waals surface area contributed by atoms with E-state index in [0.717, 1.165) is 5.56 Å². The molecule has 0 bridgehead atoms. The third-order valence-electron chi connectivity index (χ3n) is 4.23. The number of para-hydroxylation sites is 1. The first-order chi connectivity index (χ1) is 11.3. The molecule has 6 heteroatoms. The summed E-state index contributed by atoms with van der Waals surface area (Å²) in [5, 5.41) is 0. The summed E-state index contributed by atoms with van der Waals surface area (Å²) in [7, 11) is 3.24. The average molecular weight is 336 g/mol. The minimum atomic E-state index is -0.513. The molecule has 1 aromatic rings. The highest BCUT2D eigenvalue weighted by atomic mass is 16.6. The first kappa shape index (κ1) is 18.4. The van der Waals surface area contributed by atoms with Gasteiger partial charge in [-0.15, -0.1) is 0 Å². The summed E-state index contributed by atoms with van der Waals surface area (Å²) >= 11 is 0. The lowest BCUT2D eigenvalue weighted by Crippen LogP contribution is -2.35. The lowest BCUT2D eigenvalue weighted by atomic mass is 9.88. The molecule has 0 saturated carbocycles. The average Bonchev–Trinajstić information content (AvgIpc) is 2.96. The van der Waals surface area contributed by atoms with Crippen LogP contribution in [0.15, 0.2) is 18.2 Å². The van der Waals surface area contributed by atoms with Crippen LogP contribution in [0.5, 0.6) is 11.5 Å². The Morgan fingerprint density at radius 2 is 1.96 bits per heavy atom. The fraction of sp³-hybridized carbons (Fsp3) is 0.611. The van der Waals surface area contributed by atoms with E-state index in [0.29, 0.717) is 31.1 Å². The first-order valence-electron chi connectivity index (χ1n) is 8.19. The van der Waals surface area contributed by atoms with E-state index in [1.807, 2.05) is 39.0 Å². The standard InChI is InChI=1S/C18H28N2O4/c1-18(2,3)24-17(21)20-10-12(9-19)14(11-20)13-7-6-8-15(22-4)16(13)23-5/h6-8,12,14H,9-11,19H2,1-5H3/t12-,14-/m0/s1. The van der Waals surface area contributed by atoms with Crippen LogP contribution in [0.1, 0.15) is 32.3 Å². The Balaban J connectivity index is 2.26. The highest BCUT2D eigenvalue weighted by molar-refractivity contribution is 5.69. The van der Waals surface area contributed by atoms with Crippen LogP contribution in [0, 0.1) is 5.92 Å². The van der Waals surface area contributed by atoms with Crippen molar-refractivity contribution in [3.63, 3.8) is 0 Å². The number of rotatable bonds is 4. The predicted molar refractivity (Wildman–Crippen MR) is 92.6 cm³/mol. The van der Waals surface area contributed by atoms with Gasteiger partial charge >= 0.3 is 6.09 Å². The molecular weight excluding hydrogens is 308 g/mol. The van der Waals surface area contributed by atoms with Crippen molar-refractivity contribution in [3.05, 3.63) is 23.8 Å². The zero-order valence-corrected chi connectivity index (χ0v) is 15.2. The van der Waals surface area contributed by atoms with Crippen molar-refractivity contribution < 1.29 is 19.0 Å². The second-order valence-corrected chi connectivity index (χ2v) is 7.07. The van der Waals surface area contributed by atoms with E-state index in [9.17, 15) is 4.79 Å². The summed E-state index contributed by atoms with van der Waals surface area (Å²) in [5.41, 5.74) is 6.46. The van der Waals surface area contributed by atoms with Gasteiger partial charge in [0.15, 0.2) is 11.5 Å². The number of amides is 1. The number of nitrogens with two attached hydrogens (primary N) is 1. The molecule has 1 fully saturated rings. The molecule has 0 aliphatic carbocycles. The van der Waals surface area contributed by atoms with Crippen molar-refractivity contribution in [1.82, 2.24) is 4.90 Å². The largest absolute Gasteiger partial charge is 0.493 e. The van der Waals surface area contributed by atoms with E-state index in [2.05, 4.69) is 0 Å². The van der Waals surface area contributed by atoms with E-state index in [4.69, 9.17) is 19.9 Å². The molecule has 0 unspecified atom stereocenters. The van der Waals surface area contributed by atoms with Gasteiger partial charge in [-0.1, -0.05) is 12.1 Å². The maximum atomic E-state index is 12.4. The van der Waals surface area contributed by atoms with Crippen LogP contribution in [0.3, 0.4) is 0 Å². The van der Waals surface area contributed by atoms with E-state index in [-0.39, 0.29) is 17.9 Å². The summed E-state index contributed by atoms with van der Waals surface area (Å²) in [5.74, 6) is 1.63. The van der Waals surface area contributed by atoms with Crippen LogP contribution in [0.25, 0.3) is 0 Å². The van der Waals surface area contributed by atoms with Gasteiger partial charge in [-0.3, -0.25) is 0 Å². The molecule has 1 aromatic carbocycles. The number of benzene rings is 1. The fourth-order valence-corrected chi connectivity index (χ4v) is 3.14. The topological polar surface area (TPSA) is 74.0 Å². The van der Waals surface area contributed by atoms with Crippen LogP contribution in [-0.2, 0) is 4.74 Å². The van der Waals surface area contributed by atoms with Gasteiger partial charge in [0.25, 0.3) is 0 Å².